The van der Waals surface area contributed by atoms with Gasteiger partial charge in [-0.2, -0.15) is 0 Å². The van der Waals surface area contributed by atoms with E-state index in [4.69, 9.17) is 16.3 Å². The van der Waals surface area contributed by atoms with Crippen LogP contribution in [0, 0.1) is 0 Å². The minimum Gasteiger partial charge on any atom is -0.374 e. The van der Waals surface area contributed by atoms with Crippen LogP contribution in [0.3, 0.4) is 0 Å². The van der Waals surface area contributed by atoms with E-state index in [2.05, 4.69) is 15.5 Å². The first-order chi connectivity index (χ1) is 10.7. The van der Waals surface area contributed by atoms with Gasteiger partial charge in [-0.05, 0) is 13.0 Å². The second-order valence-electron chi connectivity index (χ2n) is 4.33. The topological polar surface area (TPSA) is 64.1 Å². The van der Waals surface area contributed by atoms with Crippen LogP contribution in [0.4, 0.5) is 5.13 Å². The highest BCUT2D eigenvalue weighted by Gasteiger charge is 2.18. The number of nitrogens with one attached hydrogen (secondary N) is 1. The third-order valence-electron chi connectivity index (χ3n) is 2.86. The summed E-state index contributed by atoms with van der Waals surface area (Å²) in [5.41, 5.74) is 0. The highest BCUT2D eigenvalue weighted by atomic mass is 35.5. The summed E-state index contributed by atoms with van der Waals surface area (Å²) >= 11 is 8.94. The maximum atomic E-state index is 12.4. The van der Waals surface area contributed by atoms with Crippen LogP contribution < -0.4 is 5.32 Å². The molecule has 2 aromatic heterocycles. The van der Waals surface area contributed by atoms with Crippen molar-refractivity contribution in [1.29, 1.82) is 0 Å². The first-order valence-corrected chi connectivity index (χ1v) is 8.58. The Morgan fingerprint density at radius 2 is 2.14 bits per heavy atom. The Morgan fingerprint density at radius 3 is 2.91 bits per heavy atom. The number of hydrogen-bond donors (Lipinski definition) is 1. The molecule has 1 aromatic carbocycles. The Balaban J connectivity index is 1.78. The second kappa shape index (κ2) is 6.70. The summed E-state index contributed by atoms with van der Waals surface area (Å²) in [4.78, 5) is 12.8. The first kappa shape index (κ1) is 15.4. The van der Waals surface area contributed by atoms with Crippen molar-refractivity contribution in [2.24, 2.45) is 0 Å². The zero-order valence-corrected chi connectivity index (χ0v) is 14.0. The van der Waals surface area contributed by atoms with Crippen LogP contribution in [0.25, 0.3) is 10.1 Å². The van der Waals surface area contributed by atoms with Gasteiger partial charge in [0.25, 0.3) is 5.91 Å². The lowest BCUT2D eigenvalue weighted by Crippen LogP contribution is -2.10. The van der Waals surface area contributed by atoms with Gasteiger partial charge in [0.05, 0.1) is 5.02 Å². The molecule has 0 unspecified atom stereocenters. The standard InChI is InChI=1S/C14H12ClN3O2S2/c1-2-20-7-10-17-18-14(22-10)16-13(19)12-11(15)8-5-3-4-6-9(8)21-12/h3-6H,2,7H2,1H3,(H,16,18,19). The molecule has 3 rings (SSSR count). The summed E-state index contributed by atoms with van der Waals surface area (Å²) in [6.45, 7) is 2.92. The number of amides is 1. The number of carbonyl (C=O) groups excluding carboxylic acids is 1. The third-order valence-corrected chi connectivity index (χ3v) is 5.34. The maximum Gasteiger partial charge on any atom is 0.269 e. The lowest BCUT2D eigenvalue weighted by Gasteiger charge is -1.98. The van der Waals surface area contributed by atoms with Crippen LogP contribution in [-0.2, 0) is 11.3 Å². The van der Waals surface area contributed by atoms with Crippen molar-refractivity contribution >= 4 is 55.4 Å². The van der Waals surface area contributed by atoms with Crippen LogP contribution in [-0.4, -0.2) is 22.7 Å². The molecule has 5 nitrogen and oxygen atoms in total. The SMILES string of the molecule is CCOCc1nnc(NC(=O)c2sc3ccccc3c2Cl)s1. The molecule has 3 aromatic rings. The van der Waals surface area contributed by atoms with Crippen LogP contribution >= 0.6 is 34.3 Å². The highest BCUT2D eigenvalue weighted by Crippen LogP contribution is 2.35. The fourth-order valence-electron chi connectivity index (χ4n) is 1.87. The molecular weight excluding hydrogens is 342 g/mol. The summed E-state index contributed by atoms with van der Waals surface area (Å²) in [5, 5.41) is 13.1. The van der Waals surface area contributed by atoms with Crippen molar-refractivity contribution in [3.63, 3.8) is 0 Å². The number of thiophene rings is 1. The van der Waals surface area contributed by atoms with Crippen molar-refractivity contribution in [3.05, 3.63) is 39.2 Å². The van der Waals surface area contributed by atoms with E-state index < -0.39 is 0 Å². The number of anilines is 1. The third kappa shape index (κ3) is 3.12. The predicted octanol–water partition coefficient (Wildman–Crippen LogP) is 4.20. The number of nitrogens with zero attached hydrogens (tertiary/aromatic N) is 2. The number of hydrogen-bond acceptors (Lipinski definition) is 6. The molecule has 1 amide bonds. The Hall–Kier alpha value is -1.54. The summed E-state index contributed by atoms with van der Waals surface area (Å²) in [6, 6.07) is 7.65. The molecule has 0 atom stereocenters. The normalized spacial score (nSPS) is 11.0. The van der Waals surface area contributed by atoms with E-state index in [0.717, 1.165) is 15.1 Å². The van der Waals surface area contributed by atoms with Gasteiger partial charge in [-0.25, -0.2) is 0 Å². The summed E-state index contributed by atoms with van der Waals surface area (Å²) in [6.07, 6.45) is 0. The molecule has 1 N–H and O–H groups in total. The number of ether oxygens (including phenoxy) is 1. The van der Waals surface area contributed by atoms with Gasteiger partial charge in [0.1, 0.15) is 16.5 Å². The zero-order valence-electron chi connectivity index (χ0n) is 11.6. The summed E-state index contributed by atoms with van der Waals surface area (Å²) in [5.74, 6) is -0.273. The average Bonchev–Trinajstić information content (AvgIpc) is 3.10. The van der Waals surface area contributed by atoms with Gasteiger partial charge in [-0.3, -0.25) is 10.1 Å². The van der Waals surface area contributed by atoms with Crippen molar-refractivity contribution in [2.45, 2.75) is 13.5 Å². The minimum absolute atomic E-state index is 0.273. The number of carbonyl (C=O) groups is 1. The number of aromatic nitrogens is 2. The fourth-order valence-corrected chi connectivity index (χ4v) is 3.95. The van der Waals surface area contributed by atoms with Gasteiger partial charge in [0, 0.05) is 16.7 Å². The van der Waals surface area contributed by atoms with Crippen molar-refractivity contribution in [2.75, 3.05) is 11.9 Å². The Bertz CT molecular complexity index is 815. The number of rotatable bonds is 5. The van der Waals surface area contributed by atoms with E-state index in [1.165, 1.54) is 22.7 Å². The lowest BCUT2D eigenvalue weighted by molar-refractivity contribution is 0.103. The Morgan fingerprint density at radius 1 is 1.32 bits per heavy atom. The average molecular weight is 354 g/mol. The molecule has 0 saturated heterocycles. The molecule has 2 heterocycles. The van der Waals surface area contributed by atoms with Gasteiger partial charge in [0.15, 0.2) is 0 Å². The molecular formula is C14H12ClN3O2S2. The summed E-state index contributed by atoms with van der Waals surface area (Å²) < 4.78 is 6.24. The van der Waals surface area contributed by atoms with Crippen LogP contribution in [0.15, 0.2) is 24.3 Å². The van der Waals surface area contributed by atoms with E-state index >= 15 is 0 Å². The van der Waals surface area contributed by atoms with E-state index in [0.29, 0.717) is 28.2 Å². The molecule has 0 spiro atoms. The fraction of sp³-hybridized carbons (Fsp3) is 0.214. The molecule has 0 aliphatic rings. The van der Waals surface area contributed by atoms with Crippen LogP contribution in [0.5, 0.6) is 0 Å². The minimum atomic E-state index is -0.273. The molecule has 22 heavy (non-hydrogen) atoms. The van der Waals surface area contributed by atoms with Gasteiger partial charge in [-0.1, -0.05) is 41.1 Å². The largest absolute Gasteiger partial charge is 0.374 e. The molecule has 0 aliphatic heterocycles. The maximum absolute atomic E-state index is 12.4. The van der Waals surface area contributed by atoms with Crippen molar-refractivity contribution in [1.82, 2.24) is 10.2 Å². The molecule has 0 saturated carbocycles. The Labute approximate surface area is 139 Å². The predicted molar refractivity (Wildman–Crippen MR) is 90.0 cm³/mol. The quantitative estimate of drug-likeness (QED) is 0.746. The smallest absolute Gasteiger partial charge is 0.269 e. The molecule has 0 radical (unpaired) electrons. The molecule has 0 fully saturated rings. The van der Waals surface area contributed by atoms with E-state index in [1.807, 2.05) is 31.2 Å². The molecule has 114 valence electrons. The lowest BCUT2D eigenvalue weighted by atomic mass is 10.2. The van der Waals surface area contributed by atoms with E-state index in [1.54, 1.807) is 0 Å². The molecule has 8 heteroatoms. The number of benzene rings is 1. The van der Waals surface area contributed by atoms with E-state index in [9.17, 15) is 4.79 Å². The van der Waals surface area contributed by atoms with Crippen molar-refractivity contribution in [3.8, 4) is 0 Å². The van der Waals surface area contributed by atoms with E-state index in [-0.39, 0.29) is 5.91 Å². The Kier molecular flexibility index (Phi) is 4.68. The number of halogens is 1. The summed E-state index contributed by atoms with van der Waals surface area (Å²) in [7, 11) is 0. The molecule has 0 aliphatic carbocycles. The van der Waals surface area contributed by atoms with Crippen LogP contribution in [0.1, 0.15) is 21.6 Å². The van der Waals surface area contributed by atoms with Crippen LogP contribution in [0.2, 0.25) is 5.02 Å². The monoisotopic (exact) mass is 353 g/mol. The zero-order chi connectivity index (χ0) is 15.5. The van der Waals surface area contributed by atoms with Gasteiger partial charge in [-0.15, -0.1) is 21.5 Å². The number of fused-ring (bicyclic) bond motifs is 1. The molecule has 0 bridgehead atoms. The van der Waals surface area contributed by atoms with Gasteiger partial charge >= 0.3 is 0 Å². The van der Waals surface area contributed by atoms with Gasteiger partial charge in [0.2, 0.25) is 5.13 Å². The first-order valence-electron chi connectivity index (χ1n) is 6.57. The highest BCUT2D eigenvalue weighted by molar-refractivity contribution is 7.22. The van der Waals surface area contributed by atoms with Gasteiger partial charge < -0.3 is 4.74 Å². The van der Waals surface area contributed by atoms with Crippen molar-refractivity contribution < 1.29 is 9.53 Å². The second-order valence-corrected chi connectivity index (χ2v) is 6.83.